The highest BCUT2D eigenvalue weighted by molar-refractivity contribution is 7.10. The van der Waals surface area contributed by atoms with E-state index < -0.39 is 0 Å². The Morgan fingerprint density at radius 1 is 1.21 bits per heavy atom. The molecule has 0 bridgehead atoms. The van der Waals surface area contributed by atoms with E-state index in [1.807, 2.05) is 18.2 Å². The quantitative estimate of drug-likeness (QED) is 0.652. The summed E-state index contributed by atoms with van der Waals surface area (Å²) in [6, 6.07) is 7.68. The predicted molar refractivity (Wildman–Crippen MR) is 77.8 cm³/mol. The number of hydrogen-bond donors (Lipinski definition) is 2. The van der Waals surface area contributed by atoms with E-state index in [0.717, 1.165) is 17.1 Å². The second-order valence-electron chi connectivity index (χ2n) is 4.18. The molecule has 0 saturated carbocycles. The molecular weight excluding hydrogens is 260 g/mol. The van der Waals surface area contributed by atoms with Crippen LogP contribution in [0.25, 0.3) is 0 Å². The summed E-state index contributed by atoms with van der Waals surface area (Å²) in [6.45, 7) is 2.07. The van der Waals surface area contributed by atoms with Crippen LogP contribution in [0.15, 0.2) is 29.6 Å². The molecule has 0 aliphatic carbocycles. The summed E-state index contributed by atoms with van der Waals surface area (Å²) in [6.07, 6.45) is 0. The molecule has 0 amide bonds. The van der Waals surface area contributed by atoms with Crippen LogP contribution in [0.4, 0.5) is 0 Å². The molecule has 1 atom stereocenters. The molecule has 0 saturated heterocycles. The van der Waals surface area contributed by atoms with Crippen molar-refractivity contribution in [1.82, 2.24) is 5.43 Å². The van der Waals surface area contributed by atoms with E-state index in [4.69, 9.17) is 15.3 Å². The molecule has 102 valence electrons. The van der Waals surface area contributed by atoms with E-state index in [9.17, 15) is 0 Å². The van der Waals surface area contributed by atoms with Gasteiger partial charge in [0.05, 0.1) is 20.3 Å². The van der Waals surface area contributed by atoms with Gasteiger partial charge in [0.25, 0.3) is 0 Å². The number of hydrazine groups is 1. The molecule has 2 aromatic rings. The van der Waals surface area contributed by atoms with Crippen molar-refractivity contribution in [3.8, 4) is 11.5 Å². The predicted octanol–water partition coefficient (Wildman–Crippen LogP) is 2.63. The van der Waals surface area contributed by atoms with Gasteiger partial charge < -0.3 is 9.47 Å². The summed E-state index contributed by atoms with van der Waals surface area (Å²) in [5, 5.41) is 2.06. The molecule has 3 N–H and O–H groups in total. The van der Waals surface area contributed by atoms with Crippen LogP contribution in [-0.2, 0) is 0 Å². The average molecular weight is 278 g/mol. The fourth-order valence-electron chi connectivity index (χ4n) is 2.05. The zero-order valence-electron chi connectivity index (χ0n) is 11.3. The fourth-order valence-corrected chi connectivity index (χ4v) is 3.06. The van der Waals surface area contributed by atoms with Crippen molar-refractivity contribution >= 4 is 11.3 Å². The molecule has 0 aliphatic heterocycles. The standard InChI is InChI=1S/C14H18N2O2S/c1-9-6-7-19-14(9)13(16-15)11-8-10(17-2)4-5-12(11)18-3/h4-8,13,16H,15H2,1-3H3. The highest BCUT2D eigenvalue weighted by atomic mass is 32.1. The summed E-state index contributed by atoms with van der Waals surface area (Å²) in [4.78, 5) is 1.18. The van der Waals surface area contributed by atoms with Gasteiger partial charge in [0, 0.05) is 10.4 Å². The van der Waals surface area contributed by atoms with Crippen LogP contribution in [0, 0.1) is 6.92 Å². The van der Waals surface area contributed by atoms with Crippen LogP contribution in [0.1, 0.15) is 22.0 Å². The van der Waals surface area contributed by atoms with Crippen molar-refractivity contribution < 1.29 is 9.47 Å². The van der Waals surface area contributed by atoms with Gasteiger partial charge in [-0.2, -0.15) is 0 Å². The van der Waals surface area contributed by atoms with Crippen molar-refractivity contribution in [3.63, 3.8) is 0 Å². The fraction of sp³-hybridized carbons (Fsp3) is 0.286. The van der Waals surface area contributed by atoms with Crippen LogP contribution in [0.3, 0.4) is 0 Å². The van der Waals surface area contributed by atoms with Crippen LogP contribution in [0.2, 0.25) is 0 Å². The largest absolute Gasteiger partial charge is 0.497 e. The molecule has 1 heterocycles. The average Bonchev–Trinajstić information content (AvgIpc) is 2.86. The lowest BCUT2D eigenvalue weighted by atomic mass is 10.0. The Hall–Kier alpha value is -1.56. The number of rotatable bonds is 5. The van der Waals surface area contributed by atoms with E-state index in [1.54, 1.807) is 25.6 Å². The monoisotopic (exact) mass is 278 g/mol. The molecule has 1 aromatic carbocycles. The SMILES string of the molecule is COc1ccc(OC)c(C(NN)c2sccc2C)c1. The smallest absolute Gasteiger partial charge is 0.124 e. The molecule has 19 heavy (non-hydrogen) atoms. The van der Waals surface area contributed by atoms with Crippen molar-refractivity contribution in [2.75, 3.05) is 14.2 Å². The van der Waals surface area contributed by atoms with Gasteiger partial charge in [0.15, 0.2) is 0 Å². The Morgan fingerprint density at radius 3 is 2.53 bits per heavy atom. The maximum atomic E-state index is 5.74. The molecule has 0 radical (unpaired) electrons. The maximum Gasteiger partial charge on any atom is 0.124 e. The number of ether oxygens (including phenoxy) is 2. The van der Waals surface area contributed by atoms with Crippen LogP contribution < -0.4 is 20.7 Å². The molecule has 2 rings (SSSR count). The van der Waals surface area contributed by atoms with E-state index in [1.165, 1.54) is 10.4 Å². The molecule has 5 heteroatoms. The molecule has 1 aromatic heterocycles. The first-order valence-electron chi connectivity index (χ1n) is 5.93. The van der Waals surface area contributed by atoms with Crippen molar-refractivity contribution in [3.05, 3.63) is 45.6 Å². The summed E-state index contributed by atoms with van der Waals surface area (Å²) in [5.41, 5.74) is 5.04. The van der Waals surface area contributed by atoms with E-state index in [2.05, 4.69) is 23.8 Å². The van der Waals surface area contributed by atoms with Crippen LogP contribution in [0.5, 0.6) is 11.5 Å². The zero-order valence-corrected chi connectivity index (χ0v) is 12.1. The van der Waals surface area contributed by atoms with Crippen LogP contribution in [-0.4, -0.2) is 14.2 Å². The van der Waals surface area contributed by atoms with Gasteiger partial charge in [0.2, 0.25) is 0 Å². The molecule has 0 aliphatic rings. The van der Waals surface area contributed by atoms with Crippen LogP contribution >= 0.6 is 11.3 Å². The maximum absolute atomic E-state index is 5.74. The summed E-state index contributed by atoms with van der Waals surface area (Å²) in [7, 11) is 3.30. The summed E-state index contributed by atoms with van der Waals surface area (Å²) < 4.78 is 10.7. The topological polar surface area (TPSA) is 56.5 Å². The minimum absolute atomic E-state index is 0.106. The van der Waals surface area contributed by atoms with Gasteiger partial charge in [-0.3, -0.25) is 5.84 Å². The second kappa shape index (κ2) is 6.06. The molecular formula is C14H18N2O2S. The highest BCUT2D eigenvalue weighted by Gasteiger charge is 2.20. The molecule has 1 unspecified atom stereocenters. The summed E-state index contributed by atoms with van der Waals surface area (Å²) >= 11 is 1.67. The third kappa shape index (κ3) is 2.73. The normalized spacial score (nSPS) is 12.2. The van der Waals surface area contributed by atoms with Gasteiger partial charge in [-0.25, -0.2) is 5.43 Å². The third-order valence-corrected chi connectivity index (χ3v) is 4.16. The molecule has 0 spiro atoms. The van der Waals surface area contributed by atoms with Crippen molar-refractivity contribution in [2.45, 2.75) is 13.0 Å². The minimum Gasteiger partial charge on any atom is -0.497 e. The van der Waals surface area contributed by atoms with E-state index in [-0.39, 0.29) is 6.04 Å². The van der Waals surface area contributed by atoms with Gasteiger partial charge in [-0.05, 0) is 42.1 Å². The first-order chi connectivity index (χ1) is 9.21. The third-order valence-electron chi connectivity index (χ3n) is 3.08. The lowest BCUT2D eigenvalue weighted by Gasteiger charge is -2.19. The molecule has 0 fully saturated rings. The Labute approximate surface area is 117 Å². The summed E-state index contributed by atoms with van der Waals surface area (Å²) in [5.74, 6) is 7.31. The Kier molecular flexibility index (Phi) is 4.42. The lowest BCUT2D eigenvalue weighted by Crippen LogP contribution is -2.29. The minimum atomic E-state index is -0.106. The van der Waals surface area contributed by atoms with Gasteiger partial charge in [-0.15, -0.1) is 11.3 Å². The number of methoxy groups -OCH3 is 2. The zero-order chi connectivity index (χ0) is 13.8. The Morgan fingerprint density at radius 2 is 2.00 bits per heavy atom. The van der Waals surface area contributed by atoms with E-state index >= 15 is 0 Å². The first kappa shape index (κ1) is 13.9. The number of nitrogens with one attached hydrogen (secondary N) is 1. The van der Waals surface area contributed by atoms with Crippen molar-refractivity contribution in [1.29, 1.82) is 0 Å². The number of hydrogen-bond acceptors (Lipinski definition) is 5. The number of nitrogens with two attached hydrogens (primary N) is 1. The number of aryl methyl sites for hydroxylation is 1. The van der Waals surface area contributed by atoms with Gasteiger partial charge in [-0.1, -0.05) is 0 Å². The van der Waals surface area contributed by atoms with Gasteiger partial charge >= 0.3 is 0 Å². The lowest BCUT2D eigenvalue weighted by molar-refractivity contribution is 0.394. The Balaban J connectivity index is 2.51. The Bertz CT molecular complexity index is 554. The number of benzene rings is 1. The second-order valence-corrected chi connectivity index (χ2v) is 5.12. The molecule has 4 nitrogen and oxygen atoms in total. The first-order valence-corrected chi connectivity index (χ1v) is 6.81. The van der Waals surface area contributed by atoms with Crippen molar-refractivity contribution in [2.24, 2.45) is 5.84 Å². The number of thiophene rings is 1. The highest BCUT2D eigenvalue weighted by Crippen LogP contribution is 2.35. The van der Waals surface area contributed by atoms with E-state index in [0.29, 0.717) is 0 Å². The van der Waals surface area contributed by atoms with Gasteiger partial charge in [0.1, 0.15) is 11.5 Å².